The lowest BCUT2D eigenvalue weighted by Gasteiger charge is -2.49. The zero-order chi connectivity index (χ0) is 36.0. The van der Waals surface area contributed by atoms with E-state index in [4.69, 9.17) is 40.0 Å². The van der Waals surface area contributed by atoms with Gasteiger partial charge in [0.05, 0.1) is 33.0 Å². The number of aliphatic carboxylic acids is 1. The SMILES string of the molecule is CCOc1ccc(Cc2cc([C@]34OC[C@](C(=O)O)(O3)[C@H](OCc3ccccc3)[C@H](OCc3ccccc3)[C@H]4OCc3ccccc3)ccc2Cl)cc1. The number of carboxylic acids is 1. The Labute approximate surface area is 308 Å². The number of hydrogen-bond donors (Lipinski definition) is 1. The Morgan fingerprint density at radius 2 is 1.29 bits per heavy atom. The van der Waals surface area contributed by atoms with Crippen molar-refractivity contribution in [2.75, 3.05) is 13.2 Å². The molecule has 52 heavy (non-hydrogen) atoms. The monoisotopic (exact) mass is 720 g/mol. The molecule has 2 fully saturated rings. The molecule has 5 atom stereocenters. The molecule has 8 nitrogen and oxygen atoms in total. The maximum Gasteiger partial charge on any atom is 0.341 e. The minimum atomic E-state index is -1.92. The molecule has 0 saturated carbocycles. The zero-order valence-corrected chi connectivity index (χ0v) is 29.6. The number of fused-ring (bicyclic) bond motifs is 2. The average Bonchev–Trinajstić information content (AvgIpc) is 3.55. The number of rotatable bonds is 15. The quantitative estimate of drug-likeness (QED) is 0.116. The van der Waals surface area contributed by atoms with E-state index in [1.54, 1.807) is 12.1 Å². The van der Waals surface area contributed by atoms with Crippen LogP contribution in [-0.2, 0) is 60.5 Å². The van der Waals surface area contributed by atoms with Crippen molar-refractivity contribution in [3.63, 3.8) is 0 Å². The second kappa shape index (κ2) is 16.0. The fraction of sp³-hybridized carbons (Fsp3) is 0.279. The van der Waals surface area contributed by atoms with E-state index in [1.165, 1.54) is 0 Å². The first kappa shape index (κ1) is 35.8. The fourth-order valence-corrected chi connectivity index (χ4v) is 7.10. The molecule has 2 aliphatic rings. The predicted octanol–water partition coefficient (Wildman–Crippen LogP) is 8.12. The van der Waals surface area contributed by atoms with E-state index in [0.29, 0.717) is 23.6 Å². The summed E-state index contributed by atoms with van der Waals surface area (Å²) in [5.74, 6) is -2.11. The first-order valence-electron chi connectivity index (χ1n) is 17.4. The third-order valence-electron chi connectivity index (χ3n) is 9.53. The molecular formula is C43H41ClO8. The summed E-state index contributed by atoms with van der Waals surface area (Å²) in [6.07, 6.45) is -2.51. The maximum atomic E-state index is 13.5. The van der Waals surface area contributed by atoms with Crippen LogP contribution in [0, 0.1) is 0 Å². The van der Waals surface area contributed by atoms with Crippen molar-refractivity contribution in [2.45, 2.75) is 62.9 Å². The molecule has 7 rings (SSSR count). The molecule has 1 N–H and O–H groups in total. The standard InChI is InChI=1S/C43H41ClO8/c1-2-47-36-21-18-30(19-22-36)24-34-25-35(20-23-37(34)44)43-40(50-28-33-16-10-5-11-17-33)38(48-26-31-12-6-3-7-13-31)39(42(52-43,29-51-43)41(45)46)49-27-32-14-8-4-9-15-32/h3-23,25,38-40H,2,24,26-29H2,1H3,(H,45,46)/t38-,39+,40+,42-,43-/m0/s1. The number of hydrogen-bond acceptors (Lipinski definition) is 7. The van der Waals surface area contributed by atoms with Crippen molar-refractivity contribution >= 4 is 17.6 Å². The van der Waals surface area contributed by atoms with Gasteiger partial charge in [0.25, 0.3) is 0 Å². The molecule has 9 heteroatoms. The van der Waals surface area contributed by atoms with Gasteiger partial charge in [0.15, 0.2) is 0 Å². The van der Waals surface area contributed by atoms with E-state index in [2.05, 4.69) is 0 Å². The van der Waals surface area contributed by atoms with Gasteiger partial charge in [-0.15, -0.1) is 0 Å². The highest BCUT2D eigenvalue weighted by atomic mass is 35.5. The smallest absolute Gasteiger partial charge is 0.341 e. The van der Waals surface area contributed by atoms with Gasteiger partial charge < -0.3 is 33.5 Å². The molecule has 2 saturated heterocycles. The van der Waals surface area contributed by atoms with Crippen LogP contribution >= 0.6 is 11.6 Å². The van der Waals surface area contributed by atoms with Gasteiger partial charge in [-0.3, -0.25) is 0 Å². The van der Waals surface area contributed by atoms with Crippen LogP contribution in [0.5, 0.6) is 5.75 Å². The van der Waals surface area contributed by atoms with Crippen LogP contribution in [-0.4, -0.2) is 48.2 Å². The van der Waals surface area contributed by atoms with Gasteiger partial charge in [0.1, 0.15) is 24.1 Å². The van der Waals surface area contributed by atoms with Crippen molar-refractivity contribution < 1.29 is 38.3 Å². The summed E-state index contributed by atoms with van der Waals surface area (Å²) < 4.78 is 39.1. The maximum absolute atomic E-state index is 13.5. The van der Waals surface area contributed by atoms with Crippen LogP contribution in [0.4, 0.5) is 0 Å². The highest BCUT2D eigenvalue weighted by Gasteiger charge is 2.72. The second-order valence-corrected chi connectivity index (χ2v) is 13.4. The Balaban J connectivity index is 1.31. The van der Waals surface area contributed by atoms with E-state index in [0.717, 1.165) is 33.6 Å². The summed E-state index contributed by atoms with van der Waals surface area (Å²) in [7, 11) is 0. The van der Waals surface area contributed by atoms with E-state index >= 15 is 0 Å². The van der Waals surface area contributed by atoms with Gasteiger partial charge in [-0.1, -0.05) is 121 Å². The van der Waals surface area contributed by atoms with Crippen molar-refractivity contribution in [3.05, 3.63) is 172 Å². The van der Waals surface area contributed by atoms with Crippen molar-refractivity contribution in [1.82, 2.24) is 0 Å². The fourth-order valence-electron chi connectivity index (χ4n) is 6.91. The Morgan fingerprint density at radius 1 is 0.731 bits per heavy atom. The summed E-state index contributed by atoms with van der Waals surface area (Å²) in [5.41, 5.74) is 3.18. The van der Waals surface area contributed by atoms with Gasteiger partial charge in [-0.05, 0) is 65.4 Å². The number of ether oxygens (including phenoxy) is 6. The van der Waals surface area contributed by atoms with E-state index < -0.39 is 35.7 Å². The normalized spacial score (nSPS) is 23.7. The zero-order valence-electron chi connectivity index (χ0n) is 28.9. The molecule has 268 valence electrons. The third kappa shape index (κ3) is 7.50. The molecule has 2 aliphatic heterocycles. The summed E-state index contributed by atoms with van der Waals surface area (Å²) >= 11 is 6.81. The summed E-state index contributed by atoms with van der Waals surface area (Å²) in [6.45, 7) is 2.72. The molecule has 5 aromatic carbocycles. The summed E-state index contributed by atoms with van der Waals surface area (Å²) in [4.78, 5) is 13.5. The summed E-state index contributed by atoms with van der Waals surface area (Å²) in [5, 5.41) is 11.5. The molecule has 0 aliphatic carbocycles. The van der Waals surface area contributed by atoms with Crippen LogP contribution in [0.25, 0.3) is 0 Å². The first-order chi connectivity index (χ1) is 25.4. The van der Waals surface area contributed by atoms with Gasteiger partial charge in [-0.2, -0.15) is 0 Å². The first-order valence-corrected chi connectivity index (χ1v) is 17.8. The Kier molecular flexibility index (Phi) is 11.0. The number of halogens is 1. The van der Waals surface area contributed by atoms with Crippen molar-refractivity contribution in [1.29, 1.82) is 0 Å². The summed E-state index contributed by atoms with van der Waals surface area (Å²) in [6, 6.07) is 42.4. The number of carbonyl (C=O) groups is 1. The molecule has 0 radical (unpaired) electrons. The van der Waals surface area contributed by atoms with Crippen molar-refractivity contribution in [2.24, 2.45) is 0 Å². The lowest BCUT2D eigenvalue weighted by Crippen LogP contribution is -2.68. The Hall–Kier alpha value is -4.54. The molecular weight excluding hydrogens is 680 g/mol. The van der Waals surface area contributed by atoms with Crippen LogP contribution in [0.15, 0.2) is 133 Å². The largest absolute Gasteiger partial charge is 0.494 e. The van der Waals surface area contributed by atoms with Crippen LogP contribution in [0.1, 0.15) is 40.3 Å². The van der Waals surface area contributed by atoms with Gasteiger partial charge >= 0.3 is 5.97 Å². The highest BCUT2D eigenvalue weighted by Crippen LogP contribution is 2.53. The molecule has 2 bridgehead atoms. The van der Waals surface area contributed by atoms with Crippen molar-refractivity contribution in [3.8, 4) is 5.75 Å². The lowest BCUT2D eigenvalue weighted by atomic mass is 9.82. The minimum absolute atomic E-state index is 0.126. The van der Waals surface area contributed by atoms with E-state index in [9.17, 15) is 9.90 Å². The van der Waals surface area contributed by atoms with Crippen LogP contribution in [0.2, 0.25) is 5.02 Å². The predicted molar refractivity (Wildman–Crippen MR) is 196 cm³/mol. The van der Waals surface area contributed by atoms with Gasteiger partial charge in [0, 0.05) is 10.6 Å². The topological polar surface area (TPSA) is 92.7 Å². The van der Waals surface area contributed by atoms with E-state index in [-0.39, 0.29) is 26.4 Å². The lowest BCUT2D eigenvalue weighted by molar-refractivity contribution is -0.345. The molecule has 0 aromatic heterocycles. The Bertz CT molecular complexity index is 1920. The number of carboxylic acid groups (broad SMARTS) is 1. The molecule has 0 amide bonds. The average molecular weight is 721 g/mol. The third-order valence-corrected chi connectivity index (χ3v) is 9.90. The highest BCUT2D eigenvalue weighted by molar-refractivity contribution is 6.31. The van der Waals surface area contributed by atoms with Crippen LogP contribution in [0.3, 0.4) is 0 Å². The van der Waals surface area contributed by atoms with E-state index in [1.807, 2.05) is 128 Å². The molecule has 5 aromatic rings. The Morgan fingerprint density at radius 3 is 1.85 bits per heavy atom. The molecule has 2 heterocycles. The minimum Gasteiger partial charge on any atom is -0.494 e. The molecule has 0 unspecified atom stereocenters. The van der Waals surface area contributed by atoms with Crippen LogP contribution < -0.4 is 4.74 Å². The molecule has 0 spiro atoms. The van der Waals surface area contributed by atoms with Gasteiger partial charge in [-0.25, -0.2) is 4.79 Å². The number of benzene rings is 5. The second-order valence-electron chi connectivity index (χ2n) is 13.0. The van der Waals surface area contributed by atoms with Gasteiger partial charge in [0.2, 0.25) is 11.4 Å².